The zero-order chi connectivity index (χ0) is 11.1. The van der Waals surface area contributed by atoms with Gasteiger partial charge in [0, 0.05) is 12.3 Å². The summed E-state index contributed by atoms with van der Waals surface area (Å²) in [6.45, 7) is 5.76. The van der Waals surface area contributed by atoms with Gasteiger partial charge < -0.3 is 5.73 Å². The Bertz CT molecular complexity index is 271. The number of rotatable bonds is 3. The van der Waals surface area contributed by atoms with E-state index in [-0.39, 0.29) is 0 Å². The van der Waals surface area contributed by atoms with Gasteiger partial charge in [0.05, 0.1) is 0 Å². The van der Waals surface area contributed by atoms with Crippen molar-refractivity contribution in [3.05, 3.63) is 0 Å². The number of nitrogens with two attached hydrogens (primary N) is 1. The third kappa shape index (κ3) is 1.91. The molecule has 3 rings (SSSR count). The molecule has 2 nitrogen and oxygen atoms in total. The van der Waals surface area contributed by atoms with E-state index in [9.17, 15) is 0 Å². The van der Waals surface area contributed by atoms with Crippen LogP contribution in [0.1, 0.15) is 33.1 Å². The van der Waals surface area contributed by atoms with Gasteiger partial charge >= 0.3 is 0 Å². The van der Waals surface area contributed by atoms with Gasteiger partial charge in [-0.3, -0.25) is 4.99 Å². The summed E-state index contributed by atoms with van der Waals surface area (Å²) < 4.78 is 0. The van der Waals surface area contributed by atoms with Gasteiger partial charge in [0.25, 0.3) is 0 Å². The van der Waals surface area contributed by atoms with E-state index in [1.54, 1.807) is 0 Å². The van der Waals surface area contributed by atoms with Crippen LogP contribution in [0.25, 0.3) is 0 Å². The highest BCUT2D eigenvalue weighted by Gasteiger charge is 2.53. The minimum Gasteiger partial charge on any atom is -0.387 e. The molecule has 3 heteroatoms. The molecular formula is C12H22N2S. The number of nitrogens with zero attached hydrogens (tertiary/aromatic N) is 1. The summed E-state index contributed by atoms with van der Waals surface area (Å²) in [6, 6.07) is 0. The SMILES string of the molecule is CC1(C)C2CCC(CN=C(N)CS)C1C2. The van der Waals surface area contributed by atoms with Gasteiger partial charge in [0.2, 0.25) is 0 Å². The molecule has 3 aliphatic rings. The van der Waals surface area contributed by atoms with Crippen molar-refractivity contribution in [2.45, 2.75) is 33.1 Å². The van der Waals surface area contributed by atoms with Gasteiger partial charge in [-0.1, -0.05) is 13.8 Å². The van der Waals surface area contributed by atoms with Crippen LogP contribution in [0.4, 0.5) is 0 Å². The van der Waals surface area contributed by atoms with E-state index in [4.69, 9.17) is 5.73 Å². The Balaban J connectivity index is 1.94. The van der Waals surface area contributed by atoms with Crippen molar-refractivity contribution in [1.29, 1.82) is 0 Å². The van der Waals surface area contributed by atoms with Crippen molar-refractivity contribution >= 4 is 18.5 Å². The first-order valence-corrected chi connectivity index (χ1v) is 6.58. The Labute approximate surface area is 98.1 Å². The zero-order valence-electron chi connectivity index (χ0n) is 9.74. The monoisotopic (exact) mass is 226 g/mol. The lowest BCUT2D eigenvalue weighted by molar-refractivity contribution is -0.101. The van der Waals surface area contributed by atoms with E-state index in [1.807, 2.05) is 0 Å². The topological polar surface area (TPSA) is 38.4 Å². The van der Waals surface area contributed by atoms with Crippen LogP contribution in [0.3, 0.4) is 0 Å². The first-order chi connectivity index (χ1) is 7.05. The summed E-state index contributed by atoms with van der Waals surface area (Å²) in [4.78, 5) is 4.42. The van der Waals surface area contributed by atoms with E-state index >= 15 is 0 Å². The highest BCUT2D eigenvalue weighted by atomic mass is 32.1. The summed E-state index contributed by atoms with van der Waals surface area (Å²) in [5, 5.41) is 0. The summed E-state index contributed by atoms with van der Waals surface area (Å²) in [5.74, 6) is 3.90. The van der Waals surface area contributed by atoms with Crippen LogP contribution in [0.5, 0.6) is 0 Å². The molecule has 15 heavy (non-hydrogen) atoms. The van der Waals surface area contributed by atoms with Crippen LogP contribution >= 0.6 is 12.6 Å². The number of hydrogen-bond donors (Lipinski definition) is 2. The maximum Gasteiger partial charge on any atom is 0.103 e. The molecular weight excluding hydrogens is 204 g/mol. The van der Waals surface area contributed by atoms with Crippen LogP contribution in [0, 0.1) is 23.2 Å². The fourth-order valence-electron chi connectivity index (χ4n) is 3.47. The predicted molar refractivity (Wildman–Crippen MR) is 68.4 cm³/mol. The van der Waals surface area contributed by atoms with Crippen molar-refractivity contribution in [3.63, 3.8) is 0 Å². The van der Waals surface area contributed by atoms with Crippen LogP contribution < -0.4 is 5.73 Å². The molecule has 3 atom stereocenters. The second kappa shape index (κ2) is 4.00. The lowest BCUT2D eigenvalue weighted by atomic mass is 9.45. The van der Waals surface area contributed by atoms with E-state index in [0.29, 0.717) is 17.0 Å². The Kier molecular flexibility index (Phi) is 3.02. The van der Waals surface area contributed by atoms with Crippen molar-refractivity contribution in [1.82, 2.24) is 0 Å². The van der Waals surface area contributed by atoms with Crippen molar-refractivity contribution in [3.8, 4) is 0 Å². The van der Waals surface area contributed by atoms with Crippen molar-refractivity contribution < 1.29 is 0 Å². The average molecular weight is 226 g/mol. The van der Waals surface area contributed by atoms with Crippen LogP contribution in [0.15, 0.2) is 4.99 Å². The molecule has 3 fully saturated rings. The molecule has 0 amide bonds. The molecule has 2 bridgehead atoms. The largest absolute Gasteiger partial charge is 0.387 e. The highest BCUT2D eigenvalue weighted by Crippen LogP contribution is 2.61. The van der Waals surface area contributed by atoms with Gasteiger partial charge in [0.15, 0.2) is 0 Å². The molecule has 3 unspecified atom stereocenters. The Morgan fingerprint density at radius 2 is 2.20 bits per heavy atom. The van der Waals surface area contributed by atoms with Gasteiger partial charge in [0.1, 0.15) is 5.84 Å². The summed E-state index contributed by atoms with van der Waals surface area (Å²) in [6.07, 6.45) is 4.17. The predicted octanol–water partition coefficient (Wildman–Crippen LogP) is 2.35. The highest BCUT2D eigenvalue weighted by molar-refractivity contribution is 7.81. The average Bonchev–Trinajstić information content (AvgIpc) is 2.25. The van der Waals surface area contributed by atoms with E-state index in [1.165, 1.54) is 19.3 Å². The molecule has 3 saturated carbocycles. The fraction of sp³-hybridized carbons (Fsp3) is 0.917. The van der Waals surface area contributed by atoms with E-state index < -0.39 is 0 Å². The van der Waals surface area contributed by atoms with E-state index in [0.717, 1.165) is 24.3 Å². The molecule has 0 spiro atoms. The number of amidine groups is 1. The molecule has 86 valence electrons. The van der Waals surface area contributed by atoms with Gasteiger partial charge in [-0.2, -0.15) is 12.6 Å². The standard InChI is InChI=1S/C12H22N2S/c1-12(2)9-4-3-8(10(12)5-9)6-14-11(13)7-15/h8-10,15H,3-7H2,1-2H3,(H2,13,14). The molecule has 0 aromatic carbocycles. The Hall–Kier alpha value is -0.180. The summed E-state index contributed by atoms with van der Waals surface area (Å²) in [5.41, 5.74) is 6.25. The third-order valence-corrected chi connectivity index (χ3v) is 5.02. The molecule has 0 radical (unpaired) electrons. The molecule has 3 aliphatic carbocycles. The van der Waals surface area contributed by atoms with Crippen LogP contribution in [-0.4, -0.2) is 18.1 Å². The van der Waals surface area contributed by atoms with Gasteiger partial charge in [-0.15, -0.1) is 0 Å². The van der Waals surface area contributed by atoms with Crippen molar-refractivity contribution in [2.75, 3.05) is 12.3 Å². The minimum atomic E-state index is 0.564. The molecule has 2 N–H and O–H groups in total. The molecule has 0 aliphatic heterocycles. The Morgan fingerprint density at radius 1 is 1.47 bits per heavy atom. The second-order valence-corrected chi connectivity index (χ2v) is 6.00. The minimum absolute atomic E-state index is 0.564. The number of thiol groups is 1. The molecule has 0 saturated heterocycles. The lowest BCUT2D eigenvalue weighted by Crippen LogP contribution is -2.53. The second-order valence-electron chi connectivity index (χ2n) is 5.69. The van der Waals surface area contributed by atoms with Crippen LogP contribution in [0.2, 0.25) is 0 Å². The fourth-order valence-corrected chi connectivity index (χ4v) is 3.57. The number of fused-ring (bicyclic) bond motifs is 2. The van der Waals surface area contributed by atoms with E-state index in [2.05, 4.69) is 31.5 Å². The molecule has 0 aromatic rings. The maximum absolute atomic E-state index is 5.69. The molecule has 0 heterocycles. The van der Waals surface area contributed by atoms with Gasteiger partial charge in [-0.25, -0.2) is 0 Å². The molecule has 0 aromatic heterocycles. The quantitative estimate of drug-likeness (QED) is 0.433. The van der Waals surface area contributed by atoms with Crippen molar-refractivity contribution in [2.24, 2.45) is 33.9 Å². The Morgan fingerprint density at radius 3 is 2.73 bits per heavy atom. The summed E-state index contributed by atoms with van der Waals surface area (Å²) in [7, 11) is 0. The number of aliphatic imine (C=N–C) groups is 1. The summed E-state index contributed by atoms with van der Waals surface area (Å²) >= 11 is 4.12. The maximum atomic E-state index is 5.69. The normalized spacial score (nSPS) is 38.6. The third-order valence-electron chi connectivity index (χ3n) is 4.69. The zero-order valence-corrected chi connectivity index (χ0v) is 10.6. The lowest BCUT2D eigenvalue weighted by Gasteiger charge is -2.60. The first kappa shape index (κ1) is 11.3. The van der Waals surface area contributed by atoms with Gasteiger partial charge in [-0.05, 0) is 42.4 Å². The number of hydrogen-bond acceptors (Lipinski definition) is 2. The van der Waals surface area contributed by atoms with Crippen LogP contribution in [-0.2, 0) is 0 Å². The first-order valence-electron chi connectivity index (χ1n) is 5.95. The smallest absolute Gasteiger partial charge is 0.103 e.